The molecule has 0 saturated carbocycles. The molecule has 0 fully saturated rings. The fourth-order valence-electron chi connectivity index (χ4n) is 2.94. The molecule has 0 atom stereocenters. The van der Waals surface area contributed by atoms with Crippen LogP contribution in [-0.2, 0) is 7.05 Å². The van der Waals surface area contributed by atoms with E-state index in [1.165, 1.54) is 0 Å². The molecule has 0 radical (unpaired) electrons. The minimum atomic E-state index is 0.676. The summed E-state index contributed by atoms with van der Waals surface area (Å²) in [5, 5.41) is 2.92. The minimum absolute atomic E-state index is 0.676. The maximum absolute atomic E-state index is 6.31. The Morgan fingerprint density at radius 2 is 1.77 bits per heavy atom. The van der Waals surface area contributed by atoms with E-state index in [0.717, 1.165) is 38.6 Å². The SMILES string of the molecule is Cc1ccc(-c2ccc3c4cncc(Cl)c4n(C)c3c2)cn1. The summed E-state index contributed by atoms with van der Waals surface area (Å²) < 4.78 is 2.12. The highest BCUT2D eigenvalue weighted by Gasteiger charge is 2.12. The number of nitrogens with zero attached hydrogens (tertiary/aromatic N) is 3. The number of hydrogen-bond acceptors (Lipinski definition) is 2. The van der Waals surface area contributed by atoms with Crippen LogP contribution in [0.4, 0.5) is 0 Å². The number of pyridine rings is 2. The van der Waals surface area contributed by atoms with Gasteiger partial charge in [0.15, 0.2) is 0 Å². The van der Waals surface area contributed by atoms with Gasteiger partial charge < -0.3 is 4.57 Å². The number of halogens is 1. The molecule has 0 N–H and O–H groups in total. The molecule has 1 aromatic carbocycles. The summed E-state index contributed by atoms with van der Waals surface area (Å²) in [6.07, 6.45) is 5.47. The summed E-state index contributed by atoms with van der Waals surface area (Å²) in [5.74, 6) is 0. The van der Waals surface area contributed by atoms with Crippen molar-refractivity contribution < 1.29 is 0 Å². The van der Waals surface area contributed by atoms with Crippen LogP contribution >= 0.6 is 11.6 Å². The maximum atomic E-state index is 6.31. The minimum Gasteiger partial charge on any atom is -0.342 e. The van der Waals surface area contributed by atoms with Crippen molar-refractivity contribution in [3.63, 3.8) is 0 Å². The first-order chi connectivity index (χ1) is 10.6. The smallest absolute Gasteiger partial charge is 0.0832 e. The molecule has 0 aliphatic heterocycles. The Hall–Kier alpha value is -2.39. The van der Waals surface area contributed by atoms with Gasteiger partial charge >= 0.3 is 0 Å². The lowest BCUT2D eigenvalue weighted by Crippen LogP contribution is -1.88. The Morgan fingerprint density at radius 3 is 2.55 bits per heavy atom. The van der Waals surface area contributed by atoms with Crippen LogP contribution in [0.3, 0.4) is 0 Å². The molecule has 4 aromatic rings. The lowest BCUT2D eigenvalue weighted by molar-refractivity contribution is 1.01. The average Bonchev–Trinajstić information content (AvgIpc) is 2.82. The van der Waals surface area contributed by atoms with Crippen LogP contribution in [0.5, 0.6) is 0 Å². The molecule has 0 unspecified atom stereocenters. The highest BCUT2D eigenvalue weighted by Crippen LogP contribution is 2.34. The van der Waals surface area contributed by atoms with Crippen molar-refractivity contribution in [2.24, 2.45) is 7.05 Å². The summed E-state index contributed by atoms with van der Waals surface area (Å²) >= 11 is 6.31. The van der Waals surface area contributed by atoms with E-state index in [2.05, 4.69) is 38.8 Å². The van der Waals surface area contributed by atoms with Crippen LogP contribution in [0.25, 0.3) is 32.9 Å². The first-order valence-electron chi connectivity index (χ1n) is 7.10. The molecule has 3 nitrogen and oxygen atoms in total. The van der Waals surface area contributed by atoms with E-state index in [1.807, 2.05) is 32.4 Å². The molecular formula is C18H14ClN3. The molecule has 3 heterocycles. The average molecular weight is 308 g/mol. The van der Waals surface area contributed by atoms with Crippen molar-refractivity contribution >= 4 is 33.4 Å². The quantitative estimate of drug-likeness (QED) is 0.508. The molecule has 4 heteroatoms. The van der Waals surface area contributed by atoms with Gasteiger partial charge in [-0.05, 0) is 24.6 Å². The summed E-state index contributed by atoms with van der Waals surface area (Å²) in [6.45, 7) is 1.99. The fourth-order valence-corrected chi connectivity index (χ4v) is 3.23. The lowest BCUT2D eigenvalue weighted by Gasteiger charge is -2.04. The predicted molar refractivity (Wildman–Crippen MR) is 91.2 cm³/mol. The molecule has 0 spiro atoms. The van der Waals surface area contributed by atoms with Crippen molar-refractivity contribution in [2.75, 3.05) is 0 Å². The van der Waals surface area contributed by atoms with Crippen LogP contribution in [0.2, 0.25) is 5.02 Å². The second-order valence-electron chi connectivity index (χ2n) is 5.50. The monoisotopic (exact) mass is 307 g/mol. The second-order valence-corrected chi connectivity index (χ2v) is 5.90. The maximum Gasteiger partial charge on any atom is 0.0832 e. The Kier molecular flexibility index (Phi) is 2.91. The highest BCUT2D eigenvalue weighted by molar-refractivity contribution is 6.36. The van der Waals surface area contributed by atoms with E-state index in [4.69, 9.17) is 11.6 Å². The van der Waals surface area contributed by atoms with Crippen molar-refractivity contribution in [3.8, 4) is 11.1 Å². The number of fused-ring (bicyclic) bond motifs is 3. The molecule has 22 heavy (non-hydrogen) atoms. The number of aromatic nitrogens is 3. The number of hydrogen-bond donors (Lipinski definition) is 0. The third-order valence-corrected chi connectivity index (χ3v) is 4.38. The van der Waals surface area contributed by atoms with Crippen molar-refractivity contribution in [2.45, 2.75) is 6.92 Å². The van der Waals surface area contributed by atoms with Crippen molar-refractivity contribution in [3.05, 3.63) is 59.6 Å². The molecule has 0 aliphatic rings. The van der Waals surface area contributed by atoms with E-state index in [-0.39, 0.29) is 0 Å². The predicted octanol–water partition coefficient (Wildman–Crippen LogP) is 4.75. The van der Waals surface area contributed by atoms with E-state index in [1.54, 1.807) is 6.20 Å². The molecule has 0 bridgehead atoms. The van der Waals surface area contributed by atoms with Gasteiger partial charge in [-0.2, -0.15) is 0 Å². The number of rotatable bonds is 1. The van der Waals surface area contributed by atoms with Crippen LogP contribution in [-0.4, -0.2) is 14.5 Å². The standard InChI is InChI=1S/C18H14ClN3/c1-11-3-4-13(8-21-11)12-5-6-14-15-9-20-10-16(19)18(15)22(2)17(14)7-12/h3-10H,1-2H3. The zero-order valence-corrected chi connectivity index (χ0v) is 13.1. The van der Waals surface area contributed by atoms with Gasteiger partial charge in [0.2, 0.25) is 0 Å². The van der Waals surface area contributed by atoms with Crippen LogP contribution in [0.15, 0.2) is 48.9 Å². The van der Waals surface area contributed by atoms with Gasteiger partial charge in [-0.25, -0.2) is 0 Å². The summed E-state index contributed by atoms with van der Waals surface area (Å²) in [5.41, 5.74) is 5.44. The van der Waals surface area contributed by atoms with Crippen LogP contribution in [0, 0.1) is 6.92 Å². The first kappa shape index (κ1) is 13.3. The van der Waals surface area contributed by atoms with E-state index < -0.39 is 0 Å². The van der Waals surface area contributed by atoms with Gasteiger partial charge in [0.25, 0.3) is 0 Å². The fraction of sp³-hybridized carbons (Fsp3) is 0.111. The lowest BCUT2D eigenvalue weighted by atomic mass is 10.1. The third kappa shape index (κ3) is 1.90. The summed E-state index contributed by atoms with van der Waals surface area (Å²) in [4.78, 5) is 8.59. The summed E-state index contributed by atoms with van der Waals surface area (Å²) in [6, 6.07) is 10.6. The van der Waals surface area contributed by atoms with Crippen LogP contribution in [0.1, 0.15) is 5.69 Å². The molecule has 3 aromatic heterocycles. The Balaban J connectivity index is 2.02. The molecule has 0 aliphatic carbocycles. The molecule has 0 saturated heterocycles. The molecular weight excluding hydrogens is 294 g/mol. The zero-order chi connectivity index (χ0) is 15.3. The zero-order valence-electron chi connectivity index (χ0n) is 12.3. The van der Waals surface area contributed by atoms with Gasteiger partial charge in [0.1, 0.15) is 0 Å². The highest BCUT2D eigenvalue weighted by atomic mass is 35.5. The van der Waals surface area contributed by atoms with Gasteiger partial charge in [-0.3, -0.25) is 9.97 Å². The number of benzene rings is 1. The first-order valence-corrected chi connectivity index (χ1v) is 7.47. The Morgan fingerprint density at radius 1 is 0.955 bits per heavy atom. The molecule has 108 valence electrons. The molecule has 4 rings (SSSR count). The van der Waals surface area contributed by atoms with E-state index in [9.17, 15) is 0 Å². The normalized spacial score (nSPS) is 11.4. The van der Waals surface area contributed by atoms with Gasteiger partial charge in [-0.15, -0.1) is 0 Å². The Bertz CT molecular complexity index is 1000. The van der Waals surface area contributed by atoms with Gasteiger partial charge in [0.05, 0.1) is 10.5 Å². The van der Waals surface area contributed by atoms with Gasteiger partial charge in [-0.1, -0.05) is 29.8 Å². The largest absolute Gasteiger partial charge is 0.342 e. The topological polar surface area (TPSA) is 30.7 Å². The van der Waals surface area contributed by atoms with E-state index >= 15 is 0 Å². The summed E-state index contributed by atoms with van der Waals surface area (Å²) in [7, 11) is 2.04. The van der Waals surface area contributed by atoms with Crippen LogP contribution < -0.4 is 0 Å². The van der Waals surface area contributed by atoms with Crippen molar-refractivity contribution in [1.82, 2.24) is 14.5 Å². The van der Waals surface area contributed by atoms with Gasteiger partial charge in [0, 0.05) is 53.2 Å². The van der Waals surface area contributed by atoms with E-state index in [0.29, 0.717) is 5.02 Å². The van der Waals surface area contributed by atoms with Crippen molar-refractivity contribution in [1.29, 1.82) is 0 Å². The third-order valence-electron chi connectivity index (χ3n) is 4.10. The second kappa shape index (κ2) is 4.82. The molecule has 0 amide bonds. The number of aryl methyl sites for hydroxylation is 2. The Labute approximate surface area is 133 Å².